The second-order valence-electron chi connectivity index (χ2n) is 8.26. The first-order valence-corrected chi connectivity index (χ1v) is 8.14. The number of nitrogens with one attached hydrogen (secondary N) is 1. The molecule has 0 unspecified atom stereocenters. The lowest BCUT2D eigenvalue weighted by Gasteiger charge is -2.25. The number of fused-ring (bicyclic) bond motifs is 1. The summed E-state index contributed by atoms with van der Waals surface area (Å²) in [6.45, 7) is 8.90. The van der Waals surface area contributed by atoms with E-state index in [2.05, 4.69) is 15.0 Å². The number of ether oxygens (including phenoxy) is 1. The molecule has 138 valence electrons. The number of benzene rings is 1. The Morgan fingerprint density at radius 2 is 1.88 bits per heavy atom. The number of carbonyl (C=O) groups is 1. The second-order valence-corrected chi connectivity index (χ2v) is 8.26. The Labute approximate surface area is 146 Å². The highest BCUT2D eigenvalue weighted by Crippen LogP contribution is 2.31. The summed E-state index contributed by atoms with van der Waals surface area (Å²) in [6.07, 6.45) is 0.347. The number of alkyl halides is 2. The predicted molar refractivity (Wildman–Crippen MR) is 94.1 cm³/mol. The summed E-state index contributed by atoms with van der Waals surface area (Å²) in [6, 6.07) is 4.56. The summed E-state index contributed by atoms with van der Waals surface area (Å²) in [5, 5.41) is 2.85. The quantitative estimate of drug-likeness (QED) is 0.861. The van der Waals surface area contributed by atoms with Crippen molar-refractivity contribution in [3.63, 3.8) is 0 Å². The third kappa shape index (κ3) is 4.90. The number of imidazole rings is 1. The van der Waals surface area contributed by atoms with Gasteiger partial charge in [-0.1, -0.05) is 20.8 Å². The molecule has 7 heteroatoms. The van der Waals surface area contributed by atoms with Gasteiger partial charge in [0.15, 0.2) is 0 Å². The van der Waals surface area contributed by atoms with Crippen molar-refractivity contribution in [3.05, 3.63) is 18.2 Å². The van der Waals surface area contributed by atoms with E-state index in [1.54, 1.807) is 6.07 Å². The molecule has 1 heterocycles. The summed E-state index contributed by atoms with van der Waals surface area (Å²) in [5.74, 6) is 0.309. The van der Waals surface area contributed by atoms with Crippen molar-refractivity contribution < 1.29 is 18.3 Å². The first-order chi connectivity index (χ1) is 11.4. The second kappa shape index (κ2) is 6.61. The van der Waals surface area contributed by atoms with Crippen LogP contribution in [0.4, 0.5) is 14.7 Å². The first-order valence-electron chi connectivity index (χ1n) is 8.14. The number of anilines is 1. The molecule has 0 aliphatic carbocycles. The molecule has 0 aliphatic rings. The van der Waals surface area contributed by atoms with Crippen LogP contribution >= 0.6 is 0 Å². The van der Waals surface area contributed by atoms with Crippen LogP contribution < -0.4 is 10.1 Å². The van der Waals surface area contributed by atoms with Crippen LogP contribution in [0.3, 0.4) is 0 Å². The molecule has 0 aliphatic heterocycles. The van der Waals surface area contributed by atoms with Gasteiger partial charge in [-0.2, -0.15) is 8.78 Å². The maximum atomic E-state index is 12.5. The average molecular weight is 353 g/mol. The van der Waals surface area contributed by atoms with Gasteiger partial charge in [0, 0.05) is 18.0 Å². The molecule has 1 amide bonds. The summed E-state index contributed by atoms with van der Waals surface area (Å²) in [5.41, 5.74) is 0.656. The number of aromatic nitrogens is 2. The van der Waals surface area contributed by atoms with Crippen LogP contribution in [0.2, 0.25) is 0 Å². The van der Waals surface area contributed by atoms with E-state index in [0.717, 1.165) is 0 Å². The van der Waals surface area contributed by atoms with Crippen LogP contribution in [0.5, 0.6) is 5.75 Å². The summed E-state index contributed by atoms with van der Waals surface area (Å²) in [7, 11) is 0. The van der Waals surface area contributed by atoms with Crippen LogP contribution in [0, 0.1) is 5.41 Å². The minimum absolute atomic E-state index is 0.0560. The van der Waals surface area contributed by atoms with Crippen molar-refractivity contribution in [2.75, 3.05) is 5.32 Å². The minimum Gasteiger partial charge on any atom is -0.435 e. The maximum Gasteiger partial charge on any atom is 0.387 e. The van der Waals surface area contributed by atoms with Gasteiger partial charge in [-0.05, 0) is 38.3 Å². The van der Waals surface area contributed by atoms with Crippen molar-refractivity contribution in [1.82, 2.24) is 9.55 Å². The fourth-order valence-corrected chi connectivity index (χ4v) is 2.64. The van der Waals surface area contributed by atoms with E-state index < -0.39 is 12.2 Å². The highest BCUT2D eigenvalue weighted by atomic mass is 19.3. The molecule has 25 heavy (non-hydrogen) atoms. The molecule has 1 aromatic carbocycles. The van der Waals surface area contributed by atoms with E-state index in [0.29, 0.717) is 23.4 Å². The van der Waals surface area contributed by atoms with E-state index >= 15 is 0 Å². The smallest absolute Gasteiger partial charge is 0.387 e. The molecule has 0 atom stereocenters. The number of rotatable bonds is 4. The topological polar surface area (TPSA) is 56.1 Å². The Kier molecular flexibility index (Phi) is 5.06. The van der Waals surface area contributed by atoms with Gasteiger partial charge in [-0.25, -0.2) is 4.98 Å². The molecular weight excluding hydrogens is 328 g/mol. The number of hydrogen-bond donors (Lipinski definition) is 1. The molecule has 0 bridgehead atoms. The molecule has 5 nitrogen and oxygen atoms in total. The lowest BCUT2D eigenvalue weighted by Crippen LogP contribution is -2.27. The zero-order valence-corrected chi connectivity index (χ0v) is 15.5. The number of nitrogens with zero attached hydrogens (tertiary/aromatic N) is 2. The van der Waals surface area contributed by atoms with Crippen LogP contribution in [-0.4, -0.2) is 22.1 Å². The van der Waals surface area contributed by atoms with Crippen LogP contribution in [0.25, 0.3) is 11.0 Å². The van der Waals surface area contributed by atoms with E-state index in [1.807, 2.05) is 46.1 Å². The van der Waals surface area contributed by atoms with Crippen molar-refractivity contribution in [1.29, 1.82) is 0 Å². The lowest BCUT2D eigenvalue weighted by molar-refractivity contribution is -0.117. The first kappa shape index (κ1) is 19.1. The molecule has 0 spiro atoms. The highest BCUT2D eigenvalue weighted by molar-refractivity contribution is 5.92. The highest BCUT2D eigenvalue weighted by Gasteiger charge is 2.24. The Balaban J connectivity index is 2.47. The summed E-state index contributed by atoms with van der Waals surface area (Å²) >= 11 is 0. The number of halogens is 2. The fourth-order valence-electron chi connectivity index (χ4n) is 2.64. The molecular formula is C18H25F2N3O2. The van der Waals surface area contributed by atoms with Crippen LogP contribution in [0.1, 0.15) is 48.0 Å². The molecule has 1 aromatic heterocycles. The van der Waals surface area contributed by atoms with Gasteiger partial charge in [0.2, 0.25) is 11.9 Å². The summed E-state index contributed by atoms with van der Waals surface area (Å²) in [4.78, 5) is 16.8. The van der Waals surface area contributed by atoms with Crippen molar-refractivity contribution in [3.8, 4) is 5.75 Å². The van der Waals surface area contributed by atoms with Gasteiger partial charge in [-0.15, -0.1) is 0 Å². The van der Waals surface area contributed by atoms with Crippen molar-refractivity contribution in [2.24, 2.45) is 5.41 Å². The number of amides is 1. The van der Waals surface area contributed by atoms with Crippen molar-refractivity contribution in [2.45, 2.75) is 60.1 Å². The monoisotopic (exact) mass is 353 g/mol. The molecule has 0 radical (unpaired) electrons. The molecule has 0 fully saturated rings. The predicted octanol–water partition coefficient (Wildman–Crippen LogP) is 4.77. The normalized spacial score (nSPS) is 12.7. The fraction of sp³-hybridized carbons (Fsp3) is 0.556. The van der Waals surface area contributed by atoms with E-state index in [9.17, 15) is 13.6 Å². The number of hydrogen-bond acceptors (Lipinski definition) is 3. The average Bonchev–Trinajstić information content (AvgIpc) is 2.72. The molecule has 0 saturated heterocycles. The van der Waals surface area contributed by atoms with Gasteiger partial charge >= 0.3 is 6.61 Å². The summed E-state index contributed by atoms with van der Waals surface area (Å²) < 4.78 is 31.3. The minimum atomic E-state index is -2.89. The standard InChI is InChI=1S/C18H25F2N3O2/c1-17(2,3)10-14(24)22-16-21-12-8-7-11(25-15(19)20)9-13(12)23(16)18(4,5)6/h7-9,15H,10H2,1-6H3,(H,21,22,24). The van der Waals surface area contributed by atoms with Gasteiger partial charge in [-0.3, -0.25) is 10.1 Å². The molecule has 2 aromatic rings. The number of carbonyl (C=O) groups excluding carboxylic acids is 1. The van der Waals surface area contributed by atoms with E-state index in [-0.39, 0.29) is 17.1 Å². The van der Waals surface area contributed by atoms with E-state index in [4.69, 9.17) is 0 Å². The van der Waals surface area contributed by atoms with Crippen molar-refractivity contribution >= 4 is 22.9 Å². The zero-order chi connectivity index (χ0) is 19.0. The Bertz CT molecular complexity index is 771. The van der Waals surface area contributed by atoms with Gasteiger partial charge < -0.3 is 9.30 Å². The van der Waals surface area contributed by atoms with Gasteiger partial charge in [0.1, 0.15) is 5.75 Å². The Morgan fingerprint density at radius 1 is 1.24 bits per heavy atom. The maximum absolute atomic E-state index is 12.5. The molecule has 0 saturated carbocycles. The Hall–Kier alpha value is -2.18. The van der Waals surface area contributed by atoms with E-state index in [1.165, 1.54) is 12.1 Å². The van der Waals surface area contributed by atoms with Crippen LogP contribution in [-0.2, 0) is 10.3 Å². The molecule has 2 rings (SSSR count). The zero-order valence-electron chi connectivity index (χ0n) is 15.5. The largest absolute Gasteiger partial charge is 0.435 e. The van der Waals surface area contributed by atoms with Gasteiger partial charge in [0.05, 0.1) is 11.0 Å². The SMILES string of the molecule is CC(C)(C)CC(=O)Nc1nc2ccc(OC(F)F)cc2n1C(C)(C)C. The van der Waals surface area contributed by atoms with Gasteiger partial charge in [0.25, 0.3) is 0 Å². The molecule has 1 N–H and O–H groups in total. The Morgan fingerprint density at radius 3 is 2.40 bits per heavy atom. The lowest BCUT2D eigenvalue weighted by atomic mass is 9.92. The third-order valence-corrected chi connectivity index (χ3v) is 3.46. The van der Waals surface area contributed by atoms with Crippen LogP contribution in [0.15, 0.2) is 18.2 Å². The third-order valence-electron chi connectivity index (χ3n) is 3.46.